The van der Waals surface area contributed by atoms with Gasteiger partial charge in [0, 0.05) is 5.56 Å². The van der Waals surface area contributed by atoms with Crippen LogP contribution in [-0.4, -0.2) is 24.7 Å². The summed E-state index contributed by atoms with van der Waals surface area (Å²) in [4.78, 5) is 15.8. The molecule has 0 unspecified atom stereocenters. The molecular formula is C15H11NO6S. The van der Waals surface area contributed by atoms with Crippen LogP contribution < -0.4 is 0 Å². The number of benzene rings is 1. The largest absolute Gasteiger partial charge is 0.457 e. The number of carbonyl (C=O) groups excluding carboxylic acids is 1. The number of hydrogen-bond acceptors (Lipinski definition) is 6. The van der Waals surface area contributed by atoms with Crippen LogP contribution in [0.25, 0.3) is 17.4 Å². The summed E-state index contributed by atoms with van der Waals surface area (Å²) in [5, 5.41) is 3.57. The minimum Gasteiger partial charge on any atom is -0.457 e. The zero-order valence-electron chi connectivity index (χ0n) is 11.9. The molecule has 0 bridgehead atoms. The molecule has 0 amide bonds. The van der Waals surface area contributed by atoms with E-state index in [9.17, 15) is 13.2 Å². The number of nitrogens with zero attached hydrogens (tertiary/aromatic N) is 1. The number of oxime groups is 1. The van der Waals surface area contributed by atoms with E-state index >= 15 is 0 Å². The van der Waals surface area contributed by atoms with Crippen molar-refractivity contribution in [3.63, 3.8) is 0 Å². The van der Waals surface area contributed by atoms with Crippen molar-refractivity contribution in [2.75, 3.05) is 0 Å². The Hall–Kier alpha value is -2.71. The van der Waals surface area contributed by atoms with Gasteiger partial charge in [-0.1, -0.05) is 5.16 Å². The number of hydrogen-bond donors (Lipinski definition) is 1. The maximum atomic E-state index is 11.5. The van der Waals surface area contributed by atoms with E-state index in [1.165, 1.54) is 30.3 Å². The molecule has 1 aromatic carbocycles. The summed E-state index contributed by atoms with van der Waals surface area (Å²) in [7, 11) is -4.23. The highest BCUT2D eigenvalue weighted by Crippen LogP contribution is 2.25. The smallest absolute Gasteiger partial charge is 0.367 e. The lowest BCUT2D eigenvalue weighted by molar-refractivity contribution is -0.136. The predicted octanol–water partition coefficient (Wildman–Crippen LogP) is 2.51. The molecule has 0 fully saturated rings. The van der Waals surface area contributed by atoms with Crippen molar-refractivity contribution < 1.29 is 27.0 Å². The Balaban J connectivity index is 1.89. The van der Waals surface area contributed by atoms with E-state index in [1.54, 1.807) is 19.1 Å². The highest BCUT2D eigenvalue weighted by molar-refractivity contribution is 7.85. The first kappa shape index (κ1) is 15.2. The highest BCUT2D eigenvalue weighted by Gasteiger charge is 2.22. The fraction of sp³-hybridized carbons (Fsp3) is 0.0667. The van der Waals surface area contributed by atoms with Gasteiger partial charge in [0.15, 0.2) is 0 Å². The third-order valence-corrected chi connectivity index (χ3v) is 4.09. The van der Waals surface area contributed by atoms with E-state index in [2.05, 4.69) is 9.99 Å². The van der Waals surface area contributed by atoms with E-state index in [1.807, 2.05) is 0 Å². The molecule has 8 heteroatoms. The van der Waals surface area contributed by atoms with Crippen LogP contribution in [-0.2, 0) is 19.8 Å². The van der Waals surface area contributed by atoms with Crippen molar-refractivity contribution in [2.45, 2.75) is 11.8 Å². The average Bonchev–Trinajstić information content (AvgIpc) is 3.09. The molecule has 0 aliphatic carbocycles. The molecule has 7 nitrogen and oxygen atoms in total. The molecular weight excluding hydrogens is 322 g/mol. The van der Waals surface area contributed by atoms with Crippen LogP contribution in [0.4, 0.5) is 0 Å². The van der Waals surface area contributed by atoms with Crippen LogP contribution in [0.3, 0.4) is 0 Å². The molecule has 3 rings (SSSR count). The van der Waals surface area contributed by atoms with Crippen molar-refractivity contribution in [3.05, 3.63) is 47.7 Å². The van der Waals surface area contributed by atoms with E-state index < -0.39 is 16.1 Å². The zero-order chi connectivity index (χ0) is 16.6. The highest BCUT2D eigenvalue weighted by atomic mass is 32.2. The minimum atomic E-state index is -4.23. The molecule has 2 heterocycles. The third kappa shape index (κ3) is 3.08. The fourth-order valence-electron chi connectivity index (χ4n) is 2.04. The molecule has 2 aromatic rings. The van der Waals surface area contributed by atoms with Gasteiger partial charge in [-0.25, -0.2) is 4.79 Å². The molecule has 1 aliphatic heterocycles. The van der Waals surface area contributed by atoms with Gasteiger partial charge in [0.1, 0.15) is 11.5 Å². The maximum absolute atomic E-state index is 11.5. The van der Waals surface area contributed by atoms with Crippen LogP contribution in [0.15, 0.2) is 56.4 Å². The van der Waals surface area contributed by atoms with Gasteiger partial charge < -0.3 is 9.25 Å². The molecule has 0 saturated carbocycles. The van der Waals surface area contributed by atoms with Gasteiger partial charge in [-0.2, -0.15) is 8.42 Å². The quantitative estimate of drug-likeness (QED) is 0.525. The standard InChI is InChI=1S/C15H11NO6S/c1-9-13(15(17)22-16-9)8-11-4-7-14(21-11)10-2-5-12(6-3-10)23(18,19)20/h2-8H,1H3,(H,18,19,20)/b13-8-. The first-order chi connectivity index (χ1) is 10.8. The van der Waals surface area contributed by atoms with Gasteiger partial charge in [0.2, 0.25) is 0 Å². The monoisotopic (exact) mass is 333 g/mol. The van der Waals surface area contributed by atoms with E-state index in [0.29, 0.717) is 28.4 Å². The van der Waals surface area contributed by atoms with Gasteiger partial charge in [0.05, 0.1) is 16.2 Å². The summed E-state index contributed by atoms with van der Waals surface area (Å²) >= 11 is 0. The van der Waals surface area contributed by atoms with Gasteiger partial charge in [-0.05, 0) is 49.4 Å². The molecule has 23 heavy (non-hydrogen) atoms. The second-order valence-corrected chi connectivity index (χ2v) is 6.24. The summed E-state index contributed by atoms with van der Waals surface area (Å²) in [6.45, 7) is 1.65. The molecule has 0 saturated heterocycles. The number of carbonyl (C=O) groups is 1. The molecule has 1 N–H and O–H groups in total. The molecule has 0 spiro atoms. The van der Waals surface area contributed by atoms with E-state index in [-0.39, 0.29) is 4.90 Å². The Morgan fingerprint density at radius 2 is 1.83 bits per heavy atom. The lowest BCUT2D eigenvalue weighted by Crippen LogP contribution is -2.01. The topological polar surface area (TPSA) is 106 Å². The summed E-state index contributed by atoms with van der Waals surface area (Å²) in [6, 6.07) is 8.91. The normalized spacial score (nSPS) is 16.5. The second-order valence-electron chi connectivity index (χ2n) is 4.81. The van der Waals surface area contributed by atoms with Crippen LogP contribution in [0.1, 0.15) is 12.7 Å². The van der Waals surface area contributed by atoms with Gasteiger partial charge >= 0.3 is 5.97 Å². The SMILES string of the molecule is CC1=NOC(=O)/C1=C\c1ccc(-c2ccc(S(=O)(=O)O)cc2)o1. The van der Waals surface area contributed by atoms with Gasteiger partial charge in [-0.15, -0.1) is 0 Å². The Labute approximate surface area is 131 Å². The van der Waals surface area contributed by atoms with Crippen molar-refractivity contribution in [1.29, 1.82) is 0 Å². The molecule has 1 aromatic heterocycles. The molecule has 0 radical (unpaired) electrons. The van der Waals surface area contributed by atoms with Gasteiger partial charge in [0.25, 0.3) is 10.1 Å². The molecule has 1 aliphatic rings. The van der Waals surface area contributed by atoms with Crippen LogP contribution in [0.5, 0.6) is 0 Å². The Bertz CT molecular complexity index is 935. The van der Waals surface area contributed by atoms with Crippen molar-refractivity contribution in [3.8, 4) is 11.3 Å². The zero-order valence-corrected chi connectivity index (χ0v) is 12.7. The van der Waals surface area contributed by atoms with Crippen LogP contribution in [0, 0.1) is 0 Å². The van der Waals surface area contributed by atoms with E-state index in [0.717, 1.165) is 0 Å². The summed E-state index contributed by atoms with van der Waals surface area (Å²) in [5.41, 5.74) is 1.40. The third-order valence-electron chi connectivity index (χ3n) is 3.23. The summed E-state index contributed by atoms with van der Waals surface area (Å²) < 4.78 is 36.6. The Morgan fingerprint density at radius 3 is 2.39 bits per heavy atom. The van der Waals surface area contributed by atoms with Crippen LogP contribution >= 0.6 is 0 Å². The van der Waals surface area contributed by atoms with Crippen molar-refractivity contribution in [2.24, 2.45) is 5.16 Å². The first-order valence-corrected chi connectivity index (χ1v) is 7.94. The lowest BCUT2D eigenvalue weighted by Gasteiger charge is -1.99. The fourth-order valence-corrected chi connectivity index (χ4v) is 2.52. The summed E-state index contributed by atoms with van der Waals surface area (Å²) in [6.07, 6.45) is 1.52. The molecule has 0 atom stereocenters. The first-order valence-electron chi connectivity index (χ1n) is 6.50. The lowest BCUT2D eigenvalue weighted by atomic mass is 10.1. The number of furan rings is 1. The van der Waals surface area contributed by atoms with E-state index in [4.69, 9.17) is 8.97 Å². The molecule has 118 valence electrons. The predicted molar refractivity (Wildman–Crippen MR) is 81.1 cm³/mol. The second kappa shape index (κ2) is 5.49. The van der Waals surface area contributed by atoms with Crippen LogP contribution in [0.2, 0.25) is 0 Å². The van der Waals surface area contributed by atoms with Crippen molar-refractivity contribution in [1.82, 2.24) is 0 Å². The van der Waals surface area contributed by atoms with Gasteiger partial charge in [-0.3, -0.25) is 4.55 Å². The summed E-state index contributed by atoms with van der Waals surface area (Å²) in [5.74, 6) is 0.375. The average molecular weight is 333 g/mol. The number of rotatable bonds is 3. The maximum Gasteiger partial charge on any atom is 0.367 e. The van der Waals surface area contributed by atoms with Crippen molar-refractivity contribution >= 4 is 27.9 Å². The minimum absolute atomic E-state index is 0.198. The Morgan fingerprint density at radius 1 is 1.13 bits per heavy atom. The Kier molecular flexibility index (Phi) is 3.63.